The van der Waals surface area contributed by atoms with E-state index in [9.17, 15) is 9.59 Å². The third kappa shape index (κ3) is 3.47. The summed E-state index contributed by atoms with van der Waals surface area (Å²) in [7, 11) is 0. The van der Waals surface area contributed by atoms with Gasteiger partial charge in [-0.3, -0.25) is 9.59 Å². The first-order chi connectivity index (χ1) is 13.5. The molecule has 0 bridgehead atoms. The first kappa shape index (κ1) is 18.1. The molecule has 4 rings (SSSR count). The molecule has 0 aliphatic carbocycles. The Hall–Kier alpha value is -3.24. The Balaban J connectivity index is 1.46. The highest BCUT2D eigenvalue weighted by Crippen LogP contribution is 2.36. The lowest BCUT2D eigenvalue weighted by atomic mass is 10.1. The van der Waals surface area contributed by atoms with Crippen LogP contribution in [0.25, 0.3) is 0 Å². The van der Waals surface area contributed by atoms with E-state index in [1.807, 2.05) is 6.07 Å². The number of rotatable bonds is 3. The first-order valence-corrected chi connectivity index (χ1v) is 9.13. The summed E-state index contributed by atoms with van der Waals surface area (Å²) in [5.41, 5.74) is 1.49. The molecule has 1 unspecified atom stereocenters. The molecule has 2 amide bonds. The van der Waals surface area contributed by atoms with Crippen molar-refractivity contribution in [2.75, 3.05) is 30.0 Å². The number of nitrogens with zero attached hydrogens (tertiary/aromatic N) is 2. The van der Waals surface area contributed by atoms with Crippen molar-refractivity contribution in [2.24, 2.45) is 5.92 Å². The van der Waals surface area contributed by atoms with E-state index in [0.29, 0.717) is 41.7 Å². The van der Waals surface area contributed by atoms with E-state index in [0.717, 1.165) is 0 Å². The van der Waals surface area contributed by atoms with E-state index in [1.165, 1.54) is 6.07 Å². The fourth-order valence-electron chi connectivity index (χ4n) is 3.26. The van der Waals surface area contributed by atoms with E-state index < -0.39 is 5.92 Å². The normalized spacial score (nSPS) is 17.9. The van der Waals surface area contributed by atoms with Crippen LogP contribution in [0.5, 0.6) is 11.5 Å². The molecule has 8 heteroatoms. The van der Waals surface area contributed by atoms with E-state index in [4.69, 9.17) is 26.3 Å². The van der Waals surface area contributed by atoms with Crippen LogP contribution < -0.4 is 19.7 Å². The number of hydrogen-bond acceptors (Lipinski definition) is 5. The number of carbonyl (C=O) groups excluding carboxylic acids is 2. The van der Waals surface area contributed by atoms with Crippen LogP contribution in [0.2, 0.25) is 5.02 Å². The van der Waals surface area contributed by atoms with Crippen molar-refractivity contribution < 1.29 is 19.1 Å². The highest BCUT2D eigenvalue weighted by Gasteiger charge is 2.35. The molecule has 2 aromatic carbocycles. The van der Waals surface area contributed by atoms with Gasteiger partial charge in [0.05, 0.1) is 16.5 Å². The fourth-order valence-corrected chi connectivity index (χ4v) is 3.48. The van der Waals surface area contributed by atoms with Crippen molar-refractivity contribution in [2.45, 2.75) is 6.42 Å². The Labute approximate surface area is 166 Å². The molecule has 0 spiro atoms. The molecule has 0 radical (unpaired) electrons. The van der Waals surface area contributed by atoms with E-state index in [2.05, 4.69) is 5.32 Å². The lowest BCUT2D eigenvalue weighted by molar-refractivity contribution is -0.122. The third-order valence-corrected chi connectivity index (χ3v) is 5.00. The summed E-state index contributed by atoms with van der Waals surface area (Å²) < 4.78 is 11.1. The lowest BCUT2D eigenvalue weighted by Crippen LogP contribution is -2.28. The highest BCUT2D eigenvalue weighted by molar-refractivity contribution is 6.32. The average molecular weight is 398 g/mol. The quantitative estimate of drug-likeness (QED) is 0.859. The topological polar surface area (TPSA) is 91.7 Å². The van der Waals surface area contributed by atoms with Crippen LogP contribution >= 0.6 is 11.6 Å². The van der Waals surface area contributed by atoms with Gasteiger partial charge in [0.15, 0.2) is 11.5 Å². The maximum Gasteiger partial charge on any atom is 0.229 e. The van der Waals surface area contributed by atoms with Gasteiger partial charge in [-0.15, -0.1) is 0 Å². The molecule has 7 nitrogen and oxygen atoms in total. The minimum absolute atomic E-state index is 0.115. The first-order valence-electron chi connectivity index (χ1n) is 8.75. The van der Waals surface area contributed by atoms with Gasteiger partial charge in [-0.2, -0.15) is 5.26 Å². The summed E-state index contributed by atoms with van der Waals surface area (Å²) in [6, 6.07) is 11.9. The Bertz CT molecular complexity index is 1000. The maximum atomic E-state index is 12.6. The second-order valence-corrected chi connectivity index (χ2v) is 6.94. The summed E-state index contributed by atoms with van der Waals surface area (Å²) in [6.07, 6.45) is 0.115. The van der Waals surface area contributed by atoms with Gasteiger partial charge in [-0.05, 0) is 30.3 Å². The molecule has 2 heterocycles. The minimum atomic E-state index is -0.491. The van der Waals surface area contributed by atoms with Gasteiger partial charge in [0, 0.05) is 30.4 Å². The predicted molar refractivity (Wildman–Crippen MR) is 103 cm³/mol. The Kier molecular flexibility index (Phi) is 4.80. The van der Waals surface area contributed by atoms with Crippen LogP contribution in [0.3, 0.4) is 0 Å². The number of ether oxygens (including phenoxy) is 2. The van der Waals surface area contributed by atoms with Crippen molar-refractivity contribution in [3.8, 4) is 17.6 Å². The summed E-state index contributed by atoms with van der Waals surface area (Å²) in [6.45, 7) is 1.23. The monoisotopic (exact) mass is 397 g/mol. The van der Waals surface area contributed by atoms with Gasteiger partial charge < -0.3 is 19.7 Å². The zero-order chi connectivity index (χ0) is 19.7. The summed E-state index contributed by atoms with van der Waals surface area (Å²) in [4.78, 5) is 26.6. The summed E-state index contributed by atoms with van der Waals surface area (Å²) in [5.74, 6) is 0.351. The molecule has 2 aliphatic heterocycles. The number of fused-ring (bicyclic) bond motifs is 1. The van der Waals surface area contributed by atoms with Crippen LogP contribution in [-0.2, 0) is 9.59 Å². The summed E-state index contributed by atoms with van der Waals surface area (Å²) >= 11 is 6.00. The standard InChI is InChI=1S/C20H16ClN3O4/c21-16-8-14(2-1-12(16)10-22)23-20(26)13-7-19(25)24(11-13)15-3-4-17-18(9-15)28-6-5-27-17/h1-4,8-9,13H,5-7,11H2,(H,23,26). The van der Waals surface area contributed by atoms with E-state index in [1.54, 1.807) is 35.2 Å². The van der Waals surface area contributed by atoms with Crippen LogP contribution in [0.1, 0.15) is 12.0 Å². The second-order valence-electron chi connectivity index (χ2n) is 6.53. The van der Waals surface area contributed by atoms with E-state index >= 15 is 0 Å². The van der Waals surface area contributed by atoms with Crippen molar-refractivity contribution in [3.05, 3.63) is 47.0 Å². The Morgan fingerprint density at radius 3 is 2.71 bits per heavy atom. The van der Waals surface area contributed by atoms with Crippen LogP contribution in [0, 0.1) is 17.2 Å². The van der Waals surface area contributed by atoms with Gasteiger partial charge in [0.25, 0.3) is 0 Å². The molecule has 1 atom stereocenters. The molecule has 1 fully saturated rings. The number of nitrogens with one attached hydrogen (secondary N) is 1. The van der Waals surface area contributed by atoms with Crippen molar-refractivity contribution in [1.29, 1.82) is 5.26 Å². The summed E-state index contributed by atoms with van der Waals surface area (Å²) in [5, 5.41) is 11.9. The van der Waals surface area contributed by atoms with Gasteiger partial charge >= 0.3 is 0 Å². The lowest BCUT2D eigenvalue weighted by Gasteiger charge is -2.22. The van der Waals surface area contributed by atoms with Gasteiger partial charge in [0.1, 0.15) is 19.3 Å². The molecule has 28 heavy (non-hydrogen) atoms. The predicted octanol–water partition coefficient (Wildman–Crippen LogP) is 2.97. The number of hydrogen-bond donors (Lipinski definition) is 1. The van der Waals surface area contributed by atoms with Crippen LogP contribution in [0.15, 0.2) is 36.4 Å². The zero-order valence-electron chi connectivity index (χ0n) is 14.8. The number of halogens is 1. The Morgan fingerprint density at radius 2 is 1.96 bits per heavy atom. The molecular formula is C20H16ClN3O4. The van der Waals surface area contributed by atoms with Gasteiger partial charge in [-0.1, -0.05) is 11.6 Å². The molecule has 0 saturated carbocycles. The number of carbonyl (C=O) groups is 2. The number of benzene rings is 2. The van der Waals surface area contributed by atoms with Crippen molar-refractivity contribution in [3.63, 3.8) is 0 Å². The highest BCUT2D eigenvalue weighted by atomic mass is 35.5. The van der Waals surface area contributed by atoms with Crippen LogP contribution in [0.4, 0.5) is 11.4 Å². The molecule has 0 aromatic heterocycles. The molecule has 142 valence electrons. The molecule has 2 aliphatic rings. The van der Waals surface area contributed by atoms with Crippen molar-refractivity contribution >= 4 is 34.8 Å². The average Bonchev–Trinajstić information content (AvgIpc) is 3.09. The molecule has 1 N–H and O–H groups in total. The maximum absolute atomic E-state index is 12.6. The number of amides is 2. The van der Waals surface area contributed by atoms with Crippen LogP contribution in [-0.4, -0.2) is 31.6 Å². The minimum Gasteiger partial charge on any atom is -0.486 e. The Morgan fingerprint density at radius 1 is 1.18 bits per heavy atom. The fraction of sp³-hybridized carbons (Fsp3) is 0.250. The molecule has 2 aromatic rings. The van der Waals surface area contributed by atoms with Gasteiger partial charge in [0.2, 0.25) is 11.8 Å². The number of nitriles is 1. The van der Waals surface area contributed by atoms with Crippen molar-refractivity contribution in [1.82, 2.24) is 0 Å². The largest absolute Gasteiger partial charge is 0.486 e. The van der Waals surface area contributed by atoms with Gasteiger partial charge in [-0.25, -0.2) is 0 Å². The SMILES string of the molecule is N#Cc1ccc(NC(=O)C2CC(=O)N(c3ccc4c(c3)OCCO4)C2)cc1Cl. The third-order valence-electron chi connectivity index (χ3n) is 4.69. The zero-order valence-corrected chi connectivity index (χ0v) is 15.5. The molecular weight excluding hydrogens is 382 g/mol. The molecule has 1 saturated heterocycles. The van der Waals surface area contributed by atoms with E-state index in [-0.39, 0.29) is 29.8 Å². The number of anilines is 2. The smallest absolute Gasteiger partial charge is 0.229 e. The second kappa shape index (κ2) is 7.41.